The summed E-state index contributed by atoms with van der Waals surface area (Å²) in [6.45, 7) is 5.46. The number of aromatic nitrogens is 5. The van der Waals surface area contributed by atoms with Crippen LogP contribution in [0.3, 0.4) is 0 Å². The number of hydrogen-bond acceptors (Lipinski definition) is 7. The van der Waals surface area contributed by atoms with Crippen LogP contribution in [0.2, 0.25) is 0 Å². The molecule has 9 nitrogen and oxygen atoms in total. The molecule has 3 aromatic heterocycles. The monoisotopic (exact) mass is 517 g/mol. The van der Waals surface area contributed by atoms with Crippen molar-refractivity contribution >= 4 is 22.8 Å². The Morgan fingerprint density at radius 3 is 2.69 bits per heavy atom. The fourth-order valence-electron chi connectivity index (χ4n) is 5.31. The first-order valence-corrected chi connectivity index (χ1v) is 12.7. The largest absolute Gasteiger partial charge is 0.424 e. The summed E-state index contributed by atoms with van der Waals surface area (Å²) in [5.74, 6) is 0.877. The Kier molecular flexibility index (Phi) is 6.03. The number of carbonyl (C=O) groups is 1. The van der Waals surface area contributed by atoms with Crippen LogP contribution in [0.1, 0.15) is 29.3 Å². The average Bonchev–Trinajstić information content (AvgIpc) is 3.47. The van der Waals surface area contributed by atoms with Crippen LogP contribution in [0.5, 0.6) is 11.8 Å². The van der Waals surface area contributed by atoms with Gasteiger partial charge in [-0.05, 0) is 72.4 Å². The second kappa shape index (κ2) is 9.68. The van der Waals surface area contributed by atoms with E-state index in [4.69, 9.17) is 10.5 Å². The number of fused-ring (bicyclic) bond motifs is 2. The summed E-state index contributed by atoms with van der Waals surface area (Å²) < 4.78 is 7.92. The Labute approximate surface area is 225 Å². The summed E-state index contributed by atoms with van der Waals surface area (Å²) in [5.41, 5.74) is 14.2. The van der Waals surface area contributed by atoms with Gasteiger partial charge >= 0.3 is 6.01 Å². The lowest BCUT2D eigenvalue weighted by atomic mass is 9.96. The zero-order valence-electron chi connectivity index (χ0n) is 21.7. The summed E-state index contributed by atoms with van der Waals surface area (Å²) >= 11 is 0. The zero-order valence-corrected chi connectivity index (χ0v) is 21.7. The molecule has 5 aromatic rings. The van der Waals surface area contributed by atoms with Crippen LogP contribution in [0, 0.1) is 6.92 Å². The summed E-state index contributed by atoms with van der Waals surface area (Å²) in [6.07, 6.45) is 6.19. The summed E-state index contributed by atoms with van der Waals surface area (Å²) in [6, 6.07) is 16.2. The number of nitrogens with two attached hydrogens (primary N) is 1. The Balaban J connectivity index is 1.44. The smallest absolute Gasteiger partial charge is 0.322 e. The van der Waals surface area contributed by atoms with Gasteiger partial charge in [0.2, 0.25) is 5.91 Å². The first-order valence-electron chi connectivity index (χ1n) is 12.7. The summed E-state index contributed by atoms with van der Waals surface area (Å²) in [5, 5.41) is 3.82. The van der Waals surface area contributed by atoms with E-state index in [1.54, 1.807) is 6.20 Å². The molecule has 3 N–H and O–H groups in total. The number of anilines is 1. The predicted molar refractivity (Wildman–Crippen MR) is 150 cm³/mol. The van der Waals surface area contributed by atoms with Crippen LogP contribution in [-0.2, 0) is 18.3 Å². The van der Waals surface area contributed by atoms with Crippen molar-refractivity contribution in [3.8, 4) is 34.1 Å². The van der Waals surface area contributed by atoms with Crippen LogP contribution < -0.4 is 15.8 Å². The second-order valence-corrected chi connectivity index (χ2v) is 9.56. The van der Waals surface area contributed by atoms with E-state index in [9.17, 15) is 4.79 Å². The zero-order chi connectivity index (χ0) is 27.1. The first kappa shape index (κ1) is 24.3. The molecule has 0 radical (unpaired) electrons. The van der Waals surface area contributed by atoms with Gasteiger partial charge in [0.25, 0.3) is 0 Å². The third kappa shape index (κ3) is 4.37. The van der Waals surface area contributed by atoms with Crippen LogP contribution in [0.4, 0.5) is 5.82 Å². The van der Waals surface area contributed by atoms with Crippen molar-refractivity contribution in [1.29, 1.82) is 0 Å². The second-order valence-electron chi connectivity index (χ2n) is 9.56. The van der Waals surface area contributed by atoms with E-state index < -0.39 is 0 Å². The molecule has 3 heterocycles. The highest BCUT2D eigenvalue weighted by Gasteiger charge is 2.26. The summed E-state index contributed by atoms with van der Waals surface area (Å²) in [4.78, 5) is 29.3. The van der Waals surface area contributed by atoms with Gasteiger partial charge in [0.15, 0.2) is 0 Å². The summed E-state index contributed by atoms with van der Waals surface area (Å²) in [7, 11) is 1.99. The third-order valence-corrected chi connectivity index (χ3v) is 7.12. The maximum Gasteiger partial charge on any atom is 0.322 e. The topological polar surface area (TPSA) is 121 Å². The molecule has 0 saturated carbocycles. The van der Waals surface area contributed by atoms with Crippen LogP contribution in [0.15, 0.2) is 73.7 Å². The number of ether oxygens (including phenoxy) is 1. The van der Waals surface area contributed by atoms with Gasteiger partial charge in [-0.3, -0.25) is 4.79 Å². The van der Waals surface area contributed by atoms with Gasteiger partial charge in [-0.25, -0.2) is 19.9 Å². The maximum absolute atomic E-state index is 11.9. The first-order chi connectivity index (χ1) is 18.9. The molecule has 0 saturated heterocycles. The molecule has 6 rings (SSSR count). The number of carbonyl (C=O) groups excluding carboxylic acids is 1. The van der Waals surface area contributed by atoms with Crippen molar-refractivity contribution in [3.63, 3.8) is 0 Å². The SMILES string of the molecule is C=CC(=O)N[C@@H]1CCc2cc(-c3c(-c4ccc(Oc5nccc(C)n5)cc4)c4c(N)ncnc4n3C)ccc21. The number of aryl methyl sites for hydroxylation is 3. The molecule has 2 aromatic carbocycles. The number of nitrogen functional groups attached to an aromatic ring is 1. The van der Waals surface area contributed by atoms with Gasteiger partial charge in [-0.2, -0.15) is 0 Å². The van der Waals surface area contributed by atoms with Crippen molar-refractivity contribution in [2.75, 3.05) is 5.73 Å². The lowest BCUT2D eigenvalue weighted by Crippen LogP contribution is -2.24. The predicted octanol–water partition coefficient (Wildman–Crippen LogP) is 5.06. The Morgan fingerprint density at radius 2 is 1.92 bits per heavy atom. The van der Waals surface area contributed by atoms with E-state index in [1.165, 1.54) is 18.0 Å². The highest BCUT2D eigenvalue weighted by molar-refractivity contribution is 6.07. The van der Waals surface area contributed by atoms with E-state index in [0.717, 1.165) is 57.5 Å². The van der Waals surface area contributed by atoms with Gasteiger partial charge in [-0.1, -0.05) is 30.8 Å². The molecule has 1 atom stereocenters. The van der Waals surface area contributed by atoms with Gasteiger partial charge in [0.1, 0.15) is 23.5 Å². The molecule has 0 fully saturated rings. The molecule has 9 heteroatoms. The molecule has 1 amide bonds. The number of benzene rings is 2. The van der Waals surface area contributed by atoms with Crippen LogP contribution in [-0.4, -0.2) is 30.4 Å². The van der Waals surface area contributed by atoms with Gasteiger partial charge in [-0.15, -0.1) is 0 Å². The number of nitrogens with one attached hydrogen (secondary N) is 1. The Morgan fingerprint density at radius 1 is 1.13 bits per heavy atom. The molecule has 194 valence electrons. The average molecular weight is 518 g/mol. The van der Waals surface area contributed by atoms with E-state index in [1.807, 2.05) is 44.3 Å². The lowest BCUT2D eigenvalue weighted by molar-refractivity contribution is -0.117. The van der Waals surface area contributed by atoms with E-state index in [2.05, 4.69) is 54.6 Å². The minimum absolute atomic E-state index is 0.0158. The van der Waals surface area contributed by atoms with Crippen LogP contribution >= 0.6 is 0 Å². The highest BCUT2D eigenvalue weighted by atomic mass is 16.5. The van der Waals surface area contributed by atoms with Crippen molar-refractivity contribution in [3.05, 3.63) is 90.5 Å². The quantitative estimate of drug-likeness (QED) is 0.302. The van der Waals surface area contributed by atoms with Crippen LogP contribution in [0.25, 0.3) is 33.4 Å². The Bertz CT molecular complexity index is 1740. The fourth-order valence-corrected chi connectivity index (χ4v) is 5.31. The van der Waals surface area contributed by atoms with Crippen molar-refractivity contribution in [1.82, 2.24) is 29.8 Å². The lowest BCUT2D eigenvalue weighted by Gasteiger charge is -2.14. The number of amides is 1. The fraction of sp³-hybridized carbons (Fsp3) is 0.167. The van der Waals surface area contributed by atoms with E-state index >= 15 is 0 Å². The Hall–Kier alpha value is -5.05. The van der Waals surface area contributed by atoms with Gasteiger partial charge in [0.05, 0.1) is 17.1 Å². The molecule has 0 spiro atoms. The standard InChI is InChI=1S/C30H27N7O2/c1-4-24(38)36-23-12-8-19-15-20(7-11-22(19)23)27-25(26-28(31)33-16-34-29(26)37(27)3)18-5-9-21(10-6-18)39-30-32-14-13-17(2)35-30/h4-7,9-11,13-16,23H,1,8,12H2,2-3H3,(H,36,38)(H2,31,33,34)/t23-/m1/s1. The minimum Gasteiger partial charge on any atom is -0.424 e. The molecule has 39 heavy (non-hydrogen) atoms. The van der Waals surface area contributed by atoms with Crippen molar-refractivity contribution in [2.24, 2.45) is 7.05 Å². The molecule has 0 unspecified atom stereocenters. The molecule has 1 aliphatic carbocycles. The van der Waals surface area contributed by atoms with E-state index in [0.29, 0.717) is 17.6 Å². The molecular weight excluding hydrogens is 490 g/mol. The third-order valence-electron chi connectivity index (χ3n) is 7.12. The molecule has 1 aliphatic rings. The van der Waals surface area contributed by atoms with E-state index in [-0.39, 0.29) is 11.9 Å². The number of hydrogen-bond donors (Lipinski definition) is 2. The normalized spacial score (nSPS) is 14.3. The van der Waals surface area contributed by atoms with Gasteiger partial charge < -0.3 is 20.4 Å². The van der Waals surface area contributed by atoms with Crippen molar-refractivity contribution < 1.29 is 9.53 Å². The highest BCUT2D eigenvalue weighted by Crippen LogP contribution is 2.43. The number of nitrogens with zero attached hydrogens (tertiary/aromatic N) is 5. The molecular formula is C30H27N7O2. The maximum atomic E-state index is 11.9. The molecule has 0 aliphatic heterocycles. The van der Waals surface area contributed by atoms with Gasteiger partial charge in [0, 0.05) is 24.5 Å². The van der Waals surface area contributed by atoms with Crippen molar-refractivity contribution in [2.45, 2.75) is 25.8 Å². The minimum atomic E-state index is -0.164. The molecule has 0 bridgehead atoms. The number of rotatable bonds is 6.